The van der Waals surface area contributed by atoms with Gasteiger partial charge in [0.2, 0.25) is 11.3 Å². The van der Waals surface area contributed by atoms with E-state index in [0.29, 0.717) is 25.2 Å². The number of hydrogen-bond donors (Lipinski definition) is 2. The molecule has 0 bridgehead atoms. The lowest BCUT2D eigenvalue weighted by molar-refractivity contribution is -0.119. The van der Waals surface area contributed by atoms with Gasteiger partial charge in [-0.2, -0.15) is 0 Å². The van der Waals surface area contributed by atoms with Crippen LogP contribution in [0.15, 0.2) is 35.3 Å². The van der Waals surface area contributed by atoms with Crippen LogP contribution in [0.1, 0.15) is 42.6 Å². The smallest absolute Gasteiger partial charge is 0.414 e. The van der Waals surface area contributed by atoms with E-state index in [2.05, 4.69) is 10.3 Å². The molecule has 2 N–H and O–H groups in total. The standard InChI is InChI=1S/C29H29F2N5O7/c1-15(37)32-10-19-12-36(29(41)43-19)18-4-5-24(22(30)8-18)42-14-16-6-7-34(11-16)27-23(31)9-20-25(38)21(28(39)40)13-35(17-2-3-17)26(20)33-27/h4-5,8-9,13,16-17,19H,2-3,6-7,10-12,14H2,1H3,(H,32,37)(H,39,40). The van der Waals surface area contributed by atoms with Crippen molar-refractivity contribution in [2.45, 2.75) is 38.3 Å². The molecule has 3 aromatic rings. The molecule has 2 aliphatic heterocycles. The SMILES string of the molecule is CC(=O)NCC1CN(c2ccc(OCC3CCN(c4nc5c(cc4F)c(=O)c(C(=O)O)cn5C4CC4)C3)c(F)c2)C(=O)O1. The third-order valence-electron chi connectivity index (χ3n) is 7.85. The molecule has 1 saturated carbocycles. The first-order valence-corrected chi connectivity index (χ1v) is 14.0. The van der Waals surface area contributed by atoms with Crippen LogP contribution in [0.3, 0.4) is 0 Å². The highest BCUT2D eigenvalue weighted by Gasteiger charge is 2.34. The van der Waals surface area contributed by atoms with Gasteiger partial charge in [0.25, 0.3) is 0 Å². The zero-order chi connectivity index (χ0) is 30.4. The highest BCUT2D eigenvalue weighted by Crippen LogP contribution is 2.37. The van der Waals surface area contributed by atoms with Crippen molar-refractivity contribution >= 4 is 40.5 Å². The Bertz CT molecular complexity index is 1690. The van der Waals surface area contributed by atoms with Crippen molar-refractivity contribution in [1.82, 2.24) is 14.9 Å². The van der Waals surface area contributed by atoms with Crippen molar-refractivity contribution in [3.05, 3.63) is 57.9 Å². The molecule has 226 valence electrons. The zero-order valence-electron chi connectivity index (χ0n) is 23.2. The number of carboxylic acids is 1. The van der Waals surface area contributed by atoms with Gasteiger partial charge in [-0.1, -0.05) is 0 Å². The Balaban J connectivity index is 1.12. The Labute approximate surface area is 243 Å². The normalized spacial score (nSPS) is 20.0. The minimum Gasteiger partial charge on any atom is -0.490 e. The maximum absolute atomic E-state index is 15.2. The van der Waals surface area contributed by atoms with Gasteiger partial charge in [-0.3, -0.25) is 14.5 Å². The molecule has 2 amide bonds. The Morgan fingerprint density at radius 1 is 1.14 bits per heavy atom. The second-order valence-corrected chi connectivity index (χ2v) is 11.1. The molecule has 4 heterocycles. The van der Waals surface area contributed by atoms with Gasteiger partial charge in [-0.15, -0.1) is 0 Å². The Morgan fingerprint density at radius 3 is 2.63 bits per heavy atom. The van der Waals surface area contributed by atoms with Crippen molar-refractivity contribution in [2.75, 3.05) is 42.6 Å². The number of ether oxygens (including phenoxy) is 2. The molecule has 3 aliphatic rings. The second-order valence-electron chi connectivity index (χ2n) is 11.1. The van der Waals surface area contributed by atoms with Gasteiger partial charge in [0.1, 0.15) is 17.3 Å². The molecule has 2 unspecified atom stereocenters. The summed E-state index contributed by atoms with van der Waals surface area (Å²) in [6.07, 6.45) is 2.35. The molecule has 12 nitrogen and oxygen atoms in total. The van der Waals surface area contributed by atoms with Gasteiger partial charge in [0.15, 0.2) is 23.2 Å². The number of anilines is 2. The van der Waals surface area contributed by atoms with Gasteiger partial charge in [-0.05, 0) is 37.5 Å². The summed E-state index contributed by atoms with van der Waals surface area (Å²) in [6.45, 7) is 2.67. The molecule has 6 rings (SSSR count). The fourth-order valence-corrected chi connectivity index (χ4v) is 5.48. The molecule has 1 aliphatic carbocycles. The van der Waals surface area contributed by atoms with Crippen LogP contribution in [-0.4, -0.2) is 71.5 Å². The van der Waals surface area contributed by atoms with Crippen molar-refractivity contribution in [2.24, 2.45) is 5.92 Å². The third-order valence-corrected chi connectivity index (χ3v) is 7.85. The highest BCUT2D eigenvalue weighted by molar-refractivity contribution is 5.92. The maximum Gasteiger partial charge on any atom is 0.414 e. The molecular formula is C29H29F2N5O7. The maximum atomic E-state index is 15.2. The lowest BCUT2D eigenvalue weighted by Crippen LogP contribution is -2.33. The lowest BCUT2D eigenvalue weighted by atomic mass is 10.1. The van der Waals surface area contributed by atoms with E-state index >= 15 is 4.39 Å². The minimum atomic E-state index is -1.37. The van der Waals surface area contributed by atoms with E-state index in [-0.39, 0.29) is 60.2 Å². The number of carbonyl (C=O) groups is 3. The van der Waals surface area contributed by atoms with E-state index in [9.17, 15) is 28.7 Å². The number of aromatic nitrogens is 2. The van der Waals surface area contributed by atoms with E-state index in [1.165, 1.54) is 30.2 Å². The van der Waals surface area contributed by atoms with Crippen molar-refractivity contribution in [1.29, 1.82) is 0 Å². The monoisotopic (exact) mass is 597 g/mol. The molecule has 43 heavy (non-hydrogen) atoms. The average Bonchev–Trinajstić information content (AvgIpc) is 3.58. The summed E-state index contributed by atoms with van der Waals surface area (Å²) in [5, 5.41) is 12.0. The summed E-state index contributed by atoms with van der Waals surface area (Å²) < 4.78 is 42.8. The summed E-state index contributed by atoms with van der Waals surface area (Å²) in [7, 11) is 0. The topological polar surface area (TPSA) is 143 Å². The van der Waals surface area contributed by atoms with Crippen molar-refractivity contribution in [3.8, 4) is 5.75 Å². The van der Waals surface area contributed by atoms with Crippen LogP contribution in [0.25, 0.3) is 11.0 Å². The predicted molar refractivity (Wildman–Crippen MR) is 150 cm³/mol. The number of rotatable bonds is 9. The van der Waals surface area contributed by atoms with Crippen molar-refractivity contribution in [3.63, 3.8) is 0 Å². The van der Waals surface area contributed by atoms with E-state index in [4.69, 9.17) is 9.47 Å². The fraction of sp³-hybridized carbons (Fsp3) is 0.414. The van der Waals surface area contributed by atoms with Gasteiger partial charge in [-0.25, -0.2) is 23.4 Å². The average molecular weight is 598 g/mol. The Kier molecular flexibility index (Phi) is 7.36. The number of pyridine rings is 2. The molecule has 2 aromatic heterocycles. The first-order valence-electron chi connectivity index (χ1n) is 14.0. The summed E-state index contributed by atoms with van der Waals surface area (Å²) in [5.74, 6) is -3.01. The van der Waals surface area contributed by atoms with Crippen LogP contribution in [0, 0.1) is 17.6 Å². The van der Waals surface area contributed by atoms with Crippen molar-refractivity contribution < 1.29 is 37.7 Å². The highest BCUT2D eigenvalue weighted by atomic mass is 19.1. The quantitative estimate of drug-likeness (QED) is 0.380. The number of halogens is 2. The summed E-state index contributed by atoms with van der Waals surface area (Å²) in [4.78, 5) is 55.2. The molecule has 3 fully saturated rings. The molecule has 1 aromatic carbocycles. The van der Waals surface area contributed by atoms with Crippen LogP contribution < -0.4 is 25.3 Å². The molecule has 2 saturated heterocycles. The number of nitrogens with zero attached hydrogens (tertiary/aromatic N) is 4. The van der Waals surface area contributed by atoms with Crippen LogP contribution in [0.4, 0.5) is 25.1 Å². The molecule has 14 heteroatoms. The first kappa shape index (κ1) is 28.4. The van der Waals surface area contributed by atoms with Crippen LogP contribution in [-0.2, 0) is 9.53 Å². The molecule has 0 radical (unpaired) electrons. The summed E-state index contributed by atoms with van der Waals surface area (Å²) in [5.41, 5.74) is -0.646. The van der Waals surface area contributed by atoms with Crippen LogP contribution in [0.2, 0.25) is 0 Å². The number of nitrogens with one attached hydrogen (secondary N) is 1. The predicted octanol–water partition coefficient (Wildman–Crippen LogP) is 3.07. The number of hydrogen-bond acceptors (Lipinski definition) is 8. The second kappa shape index (κ2) is 11.2. The van der Waals surface area contributed by atoms with Gasteiger partial charge in [0, 0.05) is 44.2 Å². The fourth-order valence-electron chi connectivity index (χ4n) is 5.48. The van der Waals surface area contributed by atoms with E-state index in [1.54, 1.807) is 15.5 Å². The summed E-state index contributed by atoms with van der Waals surface area (Å²) in [6, 6.07) is 5.23. The largest absolute Gasteiger partial charge is 0.490 e. The molecule has 2 atom stereocenters. The third kappa shape index (κ3) is 5.68. The van der Waals surface area contributed by atoms with Gasteiger partial charge < -0.3 is 29.4 Å². The zero-order valence-corrected chi connectivity index (χ0v) is 23.2. The van der Waals surface area contributed by atoms with Gasteiger partial charge >= 0.3 is 12.1 Å². The number of cyclic esters (lactones) is 1. The number of fused-ring (bicyclic) bond motifs is 1. The number of aromatic carboxylic acids is 1. The number of amides is 2. The lowest BCUT2D eigenvalue weighted by Gasteiger charge is -2.20. The Hall–Kier alpha value is -4.75. The first-order chi connectivity index (χ1) is 20.6. The number of carboxylic acid groups (broad SMARTS) is 1. The minimum absolute atomic E-state index is 0.00209. The van der Waals surface area contributed by atoms with Crippen LogP contribution >= 0.6 is 0 Å². The molecular weight excluding hydrogens is 568 g/mol. The van der Waals surface area contributed by atoms with E-state index in [0.717, 1.165) is 18.9 Å². The van der Waals surface area contributed by atoms with Crippen LogP contribution in [0.5, 0.6) is 5.75 Å². The summed E-state index contributed by atoms with van der Waals surface area (Å²) >= 11 is 0. The van der Waals surface area contributed by atoms with Gasteiger partial charge in [0.05, 0.1) is 30.8 Å². The van der Waals surface area contributed by atoms with E-state index in [1.807, 2.05) is 0 Å². The number of carbonyl (C=O) groups excluding carboxylic acids is 2. The Morgan fingerprint density at radius 2 is 1.93 bits per heavy atom. The van der Waals surface area contributed by atoms with E-state index < -0.39 is 40.8 Å². The molecule has 0 spiro atoms. The number of benzene rings is 1.